The number of hydrogen-bond acceptors (Lipinski definition) is 8. The zero-order valence-electron chi connectivity index (χ0n) is 13.4. The predicted molar refractivity (Wildman–Crippen MR) is 73.5 cm³/mol. The van der Waals surface area contributed by atoms with E-state index in [0.717, 1.165) is 0 Å². The van der Waals surface area contributed by atoms with Gasteiger partial charge in [-0.2, -0.15) is 0 Å². The molecule has 0 rings (SSSR count). The molecule has 0 aromatic carbocycles. The van der Waals surface area contributed by atoms with Crippen molar-refractivity contribution in [1.82, 2.24) is 0 Å². The van der Waals surface area contributed by atoms with Crippen LogP contribution in [0.15, 0.2) is 0 Å². The topological polar surface area (TPSA) is 105 Å². The number of rotatable bonds is 8. The molecule has 0 N–H and O–H groups in total. The van der Waals surface area contributed by atoms with Gasteiger partial charge in [-0.15, -0.1) is 0 Å². The van der Waals surface area contributed by atoms with Crippen molar-refractivity contribution in [3.8, 4) is 0 Å². The molecule has 0 saturated heterocycles. The standard InChI is InChI=1S/C14H22O8/c1-8(6-19-9(2)15)14(22-12(5)18)13(21-11(4)17)7-20-10(3)16/h8,13-14H,6-7H2,1-5H3/t8-,13-,14+/m1/s1. The molecule has 0 fully saturated rings. The normalized spacial score (nSPS) is 14.2. The lowest BCUT2D eigenvalue weighted by Gasteiger charge is -2.30. The van der Waals surface area contributed by atoms with E-state index in [1.54, 1.807) is 6.92 Å². The van der Waals surface area contributed by atoms with Gasteiger partial charge in [-0.25, -0.2) is 0 Å². The third kappa shape index (κ3) is 8.93. The molecule has 0 aliphatic heterocycles. The monoisotopic (exact) mass is 318 g/mol. The van der Waals surface area contributed by atoms with E-state index in [9.17, 15) is 19.2 Å². The fourth-order valence-corrected chi connectivity index (χ4v) is 1.70. The number of ether oxygens (including phenoxy) is 4. The van der Waals surface area contributed by atoms with Crippen LogP contribution in [0.25, 0.3) is 0 Å². The Morgan fingerprint density at radius 1 is 0.727 bits per heavy atom. The summed E-state index contributed by atoms with van der Waals surface area (Å²) in [7, 11) is 0. The van der Waals surface area contributed by atoms with Crippen molar-refractivity contribution in [2.24, 2.45) is 5.92 Å². The van der Waals surface area contributed by atoms with Gasteiger partial charge >= 0.3 is 23.9 Å². The molecule has 0 aromatic rings. The molecule has 3 atom stereocenters. The van der Waals surface area contributed by atoms with Crippen molar-refractivity contribution in [2.45, 2.75) is 46.8 Å². The summed E-state index contributed by atoms with van der Waals surface area (Å²) in [6.07, 6.45) is -1.91. The first kappa shape index (κ1) is 19.9. The highest BCUT2D eigenvalue weighted by Gasteiger charge is 2.33. The molecular formula is C14H22O8. The van der Waals surface area contributed by atoms with Crippen molar-refractivity contribution in [1.29, 1.82) is 0 Å². The van der Waals surface area contributed by atoms with E-state index < -0.39 is 42.0 Å². The highest BCUT2D eigenvalue weighted by atomic mass is 16.6. The Hall–Kier alpha value is -2.12. The van der Waals surface area contributed by atoms with Crippen LogP contribution in [0.1, 0.15) is 34.6 Å². The summed E-state index contributed by atoms with van der Waals surface area (Å²) in [4.78, 5) is 44.2. The van der Waals surface area contributed by atoms with Gasteiger partial charge in [0.25, 0.3) is 0 Å². The molecule has 8 nitrogen and oxygen atoms in total. The van der Waals surface area contributed by atoms with Crippen LogP contribution in [-0.4, -0.2) is 49.3 Å². The zero-order valence-corrected chi connectivity index (χ0v) is 13.4. The average molecular weight is 318 g/mol. The summed E-state index contributed by atoms with van der Waals surface area (Å²) >= 11 is 0. The minimum atomic E-state index is -0.990. The molecule has 0 bridgehead atoms. The van der Waals surface area contributed by atoms with Crippen LogP contribution in [0.3, 0.4) is 0 Å². The third-order valence-electron chi connectivity index (χ3n) is 2.55. The fourth-order valence-electron chi connectivity index (χ4n) is 1.70. The van der Waals surface area contributed by atoms with Crippen LogP contribution in [0.2, 0.25) is 0 Å². The van der Waals surface area contributed by atoms with Gasteiger partial charge in [0.1, 0.15) is 12.7 Å². The van der Waals surface area contributed by atoms with E-state index in [0.29, 0.717) is 0 Å². The Labute approximate surface area is 129 Å². The lowest BCUT2D eigenvalue weighted by molar-refractivity contribution is -0.179. The molecule has 0 heterocycles. The second kappa shape index (κ2) is 9.75. The van der Waals surface area contributed by atoms with E-state index in [1.807, 2.05) is 0 Å². The smallest absolute Gasteiger partial charge is 0.303 e. The summed E-state index contributed by atoms with van der Waals surface area (Å²) in [6.45, 7) is 6.18. The van der Waals surface area contributed by atoms with E-state index in [2.05, 4.69) is 0 Å². The molecular weight excluding hydrogens is 296 g/mol. The van der Waals surface area contributed by atoms with Gasteiger partial charge in [-0.05, 0) is 0 Å². The molecule has 0 spiro atoms. The van der Waals surface area contributed by atoms with Crippen molar-refractivity contribution >= 4 is 23.9 Å². The average Bonchev–Trinajstić information content (AvgIpc) is 2.37. The Kier molecular flexibility index (Phi) is 8.81. The largest absolute Gasteiger partial charge is 0.465 e. The van der Waals surface area contributed by atoms with Gasteiger partial charge in [-0.3, -0.25) is 19.2 Å². The van der Waals surface area contributed by atoms with Crippen molar-refractivity contribution in [3.63, 3.8) is 0 Å². The predicted octanol–water partition coefficient (Wildman–Crippen LogP) is 0.612. The maximum Gasteiger partial charge on any atom is 0.303 e. The van der Waals surface area contributed by atoms with Crippen LogP contribution in [0, 0.1) is 5.92 Å². The van der Waals surface area contributed by atoms with Crippen LogP contribution in [0.5, 0.6) is 0 Å². The first-order chi connectivity index (χ1) is 10.1. The first-order valence-electron chi connectivity index (χ1n) is 6.74. The molecule has 0 saturated carbocycles. The van der Waals surface area contributed by atoms with Gasteiger partial charge < -0.3 is 18.9 Å². The highest BCUT2D eigenvalue weighted by Crippen LogP contribution is 2.17. The number of carbonyl (C=O) groups excluding carboxylic acids is 4. The lowest BCUT2D eigenvalue weighted by atomic mass is 10.0. The van der Waals surface area contributed by atoms with E-state index in [1.165, 1.54) is 27.7 Å². The lowest BCUT2D eigenvalue weighted by Crippen LogP contribution is -2.43. The highest BCUT2D eigenvalue weighted by molar-refractivity contribution is 5.68. The van der Waals surface area contributed by atoms with Gasteiger partial charge in [0.15, 0.2) is 6.10 Å². The molecule has 0 aromatic heterocycles. The van der Waals surface area contributed by atoms with Gasteiger partial charge in [0, 0.05) is 33.6 Å². The molecule has 0 radical (unpaired) electrons. The van der Waals surface area contributed by atoms with Gasteiger partial charge in [0.2, 0.25) is 0 Å². The third-order valence-corrected chi connectivity index (χ3v) is 2.55. The van der Waals surface area contributed by atoms with E-state index in [4.69, 9.17) is 18.9 Å². The summed E-state index contributed by atoms with van der Waals surface area (Å²) in [5.74, 6) is -2.73. The van der Waals surface area contributed by atoms with Gasteiger partial charge in [-0.1, -0.05) is 6.92 Å². The Balaban J connectivity index is 5.07. The number of hydrogen-bond donors (Lipinski definition) is 0. The molecule has 126 valence electrons. The van der Waals surface area contributed by atoms with Gasteiger partial charge in [0.05, 0.1) is 6.61 Å². The van der Waals surface area contributed by atoms with Crippen molar-refractivity contribution < 1.29 is 38.1 Å². The Morgan fingerprint density at radius 2 is 1.18 bits per heavy atom. The van der Waals surface area contributed by atoms with Crippen LogP contribution < -0.4 is 0 Å². The van der Waals surface area contributed by atoms with Crippen LogP contribution in [-0.2, 0) is 38.1 Å². The molecule has 0 aliphatic rings. The van der Waals surface area contributed by atoms with Crippen LogP contribution >= 0.6 is 0 Å². The van der Waals surface area contributed by atoms with E-state index >= 15 is 0 Å². The second-order valence-corrected chi connectivity index (χ2v) is 4.80. The SMILES string of the molecule is CC(=O)OC[C@@H](C)[C@H](OC(C)=O)[C@@H](COC(C)=O)OC(C)=O. The molecule has 0 aliphatic carbocycles. The molecule has 22 heavy (non-hydrogen) atoms. The summed E-state index contributed by atoms with van der Waals surface area (Å²) in [5.41, 5.74) is 0. The summed E-state index contributed by atoms with van der Waals surface area (Å²) in [5, 5.41) is 0. The maximum absolute atomic E-state index is 11.2. The maximum atomic E-state index is 11.2. The van der Waals surface area contributed by atoms with Crippen molar-refractivity contribution in [2.75, 3.05) is 13.2 Å². The molecule has 8 heteroatoms. The fraction of sp³-hybridized carbons (Fsp3) is 0.714. The molecule has 0 amide bonds. The minimum absolute atomic E-state index is 0.0366. The zero-order chi connectivity index (χ0) is 17.3. The van der Waals surface area contributed by atoms with E-state index in [-0.39, 0.29) is 13.2 Å². The Bertz CT molecular complexity index is 417. The quantitative estimate of drug-likeness (QED) is 0.473. The summed E-state index contributed by atoms with van der Waals surface area (Å²) in [6, 6.07) is 0. The van der Waals surface area contributed by atoms with Crippen LogP contribution in [0.4, 0.5) is 0 Å². The van der Waals surface area contributed by atoms with Crippen molar-refractivity contribution in [3.05, 3.63) is 0 Å². The minimum Gasteiger partial charge on any atom is -0.465 e. The number of carbonyl (C=O) groups is 4. The Morgan fingerprint density at radius 3 is 1.59 bits per heavy atom. The second-order valence-electron chi connectivity index (χ2n) is 4.80. The summed E-state index contributed by atoms with van der Waals surface area (Å²) < 4.78 is 19.9. The first-order valence-corrected chi connectivity index (χ1v) is 6.74. The molecule has 0 unspecified atom stereocenters. The number of esters is 4.